The fourth-order valence-corrected chi connectivity index (χ4v) is 11.4. The highest BCUT2D eigenvalue weighted by molar-refractivity contribution is 7.10. The normalized spacial score (nSPS) is 19.7. The highest BCUT2D eigenvalue weighted by Gasteiger charge is 2.52. The van der Waals surface area contributed by atoms with E-state index in [0.717, 1.165) is 25.7 Å². The van der Waals surface area contributed by atoms with Gasteiger partial charge in [0.15, 0.2) is 0 Å². The summed E-state index contributed by atoms with van der Waals surface area (Å²) in [5.74, 6) is 0. The minimum atomic E-state index is -2.25. The maximum absolute atomic E-state index is 13.6. The van der Waals surface area contributed by atoms with E-state index in [4.69, 9.17) is 0 Å². The molecule has 23 heavy (non-hydrogen) atoms. The van der Waals surface area contributed by atoms with Crippen molar-refractivity contribution in [3.8, 4) is 0 Å². The van der Waals surface area contributed by atoms with Crippen LogP contribution in [0.1, 0.15) is 86.5 Å². The maximum Gasteiger partial charge on any atom is 0.146 e. The lowest BCUT2D eigenvalue weighted by Crippen LogP contribution is -2.56. The largest absolute Gasteiger partial charge is 0.385 e. The van der Waals surface area contributed by atoms with Crippen molar-refractivity contribution in [3.63, 3.8) is 0 Å². The van der Waals surface area contributed by atoms with Crippen LogP contribution in [0.15, 0.2) is 12.2 Å². The second-order valence-electron chi connectivity index (χ2n) is 8.50. The predicted octanol–water partition coefficient (Wildman–Crippen LogP) is 5.81. The second-order valence-corrected chi connectivity index (χ2v) is 14.3. The average Bonchev–Trinajstić information content (AvgIpc) is 2.41. The fourth-order valence-electron chi connectivity index (χ4n) is 5.05. The van der Waals surface area contributed by atoms with Gasteiger partial charge in [-0.3, -0.25) is 0 Å². The third-order valence-electron chi connectivity index (χ3n) is 6.28. The topological polar surface area (TPSA) is 37.3 Å². The van der Waals surface area contributed by atoms with Gasteiger partial charge in [0, 0.05) is 5.57 Å². The maximum atomic E-state index is 13.6. The van der Waals surface area contributed by atoms with Gasteiger partial charge in [0.2, 0.25) is 0 Å². The molecule has 134 valence electrons. The Morgan fingerprint density at radius 3 is 1.57 bits per heavy atom. The van der Waals surface area contributed by atoms with E-state index >= 15 is 0 Å². The van der Waals surface area contributed by atoms with Crippen molar-refractivity contribution in [2.24, 2.45) is 0 Å². The minimum Gasteiger partial charge on any atom is -0.385 e. The van der Waals surface area contributed by atoms with Crippen LogP contribution in [0, 0.1) is 0 Å². The molecular formula is C20H38O2Si. The summed E-state index contributed by atoms with van der Waals surface area (Å²) in [5.41, 5.74) is 0.660. The van der Waals surface area contributed by atoms with Gasteiger partial charge in [0.1, 0.15) is 13.5 Å². The second kappa shape index (κ2) is 8.11. The molecule has 0 radical (unpaired) electrons. The van der Waals surface area contributed by atoms with E-state index in [1.165, 1.54) is 6.42 Å². The Morgan fingerprint density at radius 1 is 0.870 bits per heavy atom. The first kappa shape index (κ1) is 20.6. The summed E-state index contributed by atoms with van der Waals surface area (Å²) in [7, 11) is -2.25. The molecule has 0 aromatic heterocycles. The van der Waals surface area contributed by atoms with Crippen LogP contribution < -0.4 is 0 Å². The fraction of sp³-hybridized carbons (Fsp3) is 0.850. The lowest BCUT2D eigenvalue weighted by molar-refractivity contribution is -0.112. The number of hydrogen-bond acceptors (Lipinski definition) is 2. The highest BCUT2D eigenvalue weighted by Crippen LogP contribution is 2.45. The molecule has 0 aromatic carbocycles. The molecule has 1 aliphatic rings. The third-order valence-corrected chi connectivity index (χ3v) is 13.1. The third kappa shape index (κ3) is 3.99. The van der Waals surface area contributed by atoms with Crippen LogP contribution in [0.5, 0.6) is 0 Å². The summed E-state index contributed by atoms with van der Waals surface area (Å²) in [6.45, 7) is 17.3. The van der Waals surface area contributed by atoms with Gasteiger partial charge in [0.25, 0.3) is 0 Å². The zero-order valence-electron chi connectivity index (χ0n) is 16.2. The first-order valence-electron chi connectivity index (χ1n) is 9.57. The van der Waals surface area contributed by atoms with Crippen LogP contribution >= 0.6 is 0 Å². The molecule has 0 spiro atoms. The van der Waals surface area contributed by atoms with Crippen LogP contribution in [0.3, 0.4) is 0 Å². The molecule has 3 heteroatoms. The molecule has 0 amide bonds. The van der Waals surface area contributed by atoms with Crippen molar-refractivity contribution in [2.45, 2.75) is 109 Å². The van der Waals surface area contributed by atoms with E-state index in [9.17, 15) is 9.90 Å². The Balaban J connectivity index is 3.18. The SMILES string of the molecule is C=C(C(=O)[Si](C(C)C)(C(C)C)C(C)C)C1(O)CCCCCCC1. The average molecular weight is 339 g/mol. The van der Waals surface area contributed by atoms with Gasteiger partial charge in [-0.1, -0.05) is 80.2 Å². The molecule has 1 fully saturated rings. The van der Waals surface area contributed by atoms with Crippen molar-refractivity contribution in [1.29, 1.82) is 0 Å². The van der Waals surface area contributed by atoms with E-state index in [0.29, 0.717) is 35.0 Å². The summed E-state index contributed by atoms with van der Waals surface area (Å²) in [4.78, 5) is 13.6. The molecule has 0 bridgehead atoms. The van der Waals surface area contributed by atoms with Gasteiger partial charge < -0.3 is 9.90 Å². The van der Waals surface area contributed by atoms with E-state index in [1.54, 1.807) is 0 Å². The van der Waals surface area contributed by atoms with Crippen LogP contribution in [-0.2, 0) is 4.79 Å². The number of rotatable bonds is 6. The molecule has 0 aromatic rings. The van der Waals surface area contributed by atoms with E-state index in [-0.39, 0.29) is 5.41 Å². The first-order chi connectivity index (χ1) is 10.6. The predicted molar refractivity (Wildman–Crippen MR) is 102 cm³/mol. The summed E-state index contributed by atoms with van der Waals surface area (Å²) in [6, 6.07) is 0. The molecule has 0 unspecified atom stereocenters. The molecule has 0 heterocycles. The van der Waals surface area contributed by atoms with Gasteiger partial charge in [0.05, 0.1) is 5.60 Å². The van der Waals surface area contributed by atoms with E-state index in [2.05, 4.69) is 48.1 Å². The first-order valence-corrected chi connectivity index (χ1v) is 11.8. The lowest BCUT2D eigenvalue weighted by atomic mass is 9.82. The number of carbonyl (C=O) groups is 1. The van der Waals surface area contributed by atoms with Crippen molar-refractivity contribution < 1.29 is 9.90 Å². The molecule has 0 saturated heterocycles. The van der Waals surface area contributed by atoms with Crippen molar-refractivity contribution in [2.75, 3.05) is 0 Å². The van der Waals surface area contributed by atoms with Crippen LogP contribution in [0.25, 0.3) is 0 Å². The number of aliphatic hydroxyl groups is 1. The quantitative estimate of drug-likeness (QED) is 0.490. The van der Waals surface area contributed by atoms with Crippen molar-refractivity contribution in [3.05, 3.63) is 12.2 Å². The van der Waals surface area contributed by atoms with Crippen LogP contribution in [-0.4, -0.2) is 24.2 Å². The zero-order chi connectivity index (χ0) is 17.8. The summed E-state index contributed by atoms with van der Waals surface area (Å²) < 4.78 is 0. The van der Waals surface area contributed by atoms with Gasteiger partial charge in [-0.2, -0.15) is 0 Å². The van der Waals surface area contributed by atoms with Crippen LogP contribution in [0.2, 0.25) is 16.6 Å². The monoisotopic (exact) mass is 338 g/mol. The van der Waals surface area contributed by atoms with Gasteiger partial charge in [-0.05, 0) is 29.5 Å². The Kier molecular flexibility index (Phi) is 7.27. The molecule has 1 aliphatic carbocycles. The molecule has 1 N–H and O–H groups in total. The van der Waals surface area contributed by atoms with Crippen molar-refractivity contribution in [1.82, 2.24) is 0 Å². The summed E-state index contributed by atoms with van der Waals surface area (Å²) in [5, 5.41) is 11.5. The zero-order valence-corrected chi connectivity index (χ0v) is 17.2. The van der Waals surface area contributed by atoms with Crippen molar-refractivity contribution >= 4 is 13.5 Å². The molecular weight excluding hydrogens is 300 g/mol. The van der Waals surface area contributed by atoms with E-state index in [1.807, 2.05) is 0 Å². The Bertz CT molecular complexity index is 394. The molecule has 1 rings (SSSR count). The molecule has 0 atom stereocenters. The van der Waals surface area contributed by atoms with Gasteiger partial charge in [-0.25, -0.2) is 0 Å². The minimum absolute atomic E-state index is 0.237. The Labute approximate surface area is 144 Å². The molecule has 1 saturated carbocycles. The van der Waals surface area contributed by atoms with E-state index < -0.39 is 13.7 Å². The highest BCUT2D eigenvalue weighted by atomic mass is 28.3. The number of hydrogen-bond donors (Lipinski definition) is 1. The Morgan fingerprint density at radius 2 is 1.22 bits per heavy atom. The smallest absolute Gasteiger partial charge is 0.146 e. The van der Waals surface area contributed by atoms with Crippen LogP contribution in [0.4, 0.5) is 0 Å². The van der Waals surface area contributed by atoms with Gasteiger partial charge in [-0.15, -0.1) is 0 Å². The molecule has 2 nitrogen and oxygen atoms in total. The summed E-state index contributed by atoms with van der Waals surface area (Å²) in [6.07, 6.45) is 6.98. The lowest BCUT2D eigenvalue weighted by Gasteiger charge is -2.44. The standard InChI is InChI=1S/C20H38O2Si/c1-15(2)23(16(3)4,17(5)6)19(21)18(7)20(22)13-11-9-8-10-12-14-20/h15-17,22H,7-14H2,1-6H3. The molecule has 0 aliphatic heterocycles. The number of carbonyl (C=O) groups excluding carboxylic acids is 1. The van der Waals surface area contributed by atoms with Gasteiger partial charge >= 0.3 is 0 Å². The Hall–Kier alpha value is -0.413. The summed E-state index contributed by atoms with van der Waals surface area (Å²) >= 11 is 0.